The van der Waals surface area contributed by atoms with Gasteiger partial charge in [-0.15, -0.1) is 0 Å². The second-order valence-corrected chi connectivity index (χ2v) is 4.95. The number of hydrogen-bond donors (Lipinski definition) is 2. The van der Waals surface area contributed by atoms with Gasteiger partial charge in [0.2, 0.25) is 0 Å². The average Bonchev–Trinajstić information content (AvgIpc) is 3.10. The van der Waals surface area contributed by atoms with E-state index in [1.165, 1.54) is 6.26 Å². The molecule has 0 aliphatic carbocycles. The summed E-state index contributed by atoms with van der Waals surface area (Å²) in [7, 11) is 0. The number of rotatable bonds is 6. The number of primary amides is 1. The SMILES string of the molecule is NCCc1nc2ccccc2n1CCc1nc(C(N)=O)co1. The standard InChI is InChI=1S/C15H17N5O2/c16-7-5-13-18-10-3-1-2-4-12(10)20(13)8-6-14-19-11(9-22-14)15(17)21/h1-4,9H,5-8,16H2,(H2,17,21). The van der Waals surface area contributed by atoms with Gasteiger partial charge >= 0.3 is 0 Å². The van der Waals surface area contributed by atoms with Crippen LogP contribution in [0.4, 0.5) is 0 Å². The Morgan fingerprint density at radius 2 is 2.05 bits per heavy atom. The van der Waals surface area contributed by atoms with Gasteiger partial charge in [-0.2, -0.15) is 0 Å². The van der Waals surface area contributed by atoms with E-state index in [1.807, 2.05) is 24.3 Å². The topological polar surface area (TPSA) is 113 Å². The molecule has 0 fully saturated rings. The van der Waals surface area contributed by atoms with Crippen molar-refractivity contribution in [2.24, 2.45) is 11.5 Å². The molecule has 7 heteroatoms. The second kappa shape index (κ2) is 5.98. The minimum absolute atomic E-state index is 0.146. The van der Waals surface area contributed by atoms with E-state index < -0.39 is 5.91 Å². The number of hydrogen-bond acceptors (Lipinski definition) is 5. The molecule has 1 amide bonds. The number of aromatic nitrogens is 3. The zero-order valence-electron chi connectivity index (χ0n) is 12.0. The van der Waals surface area contributed by atoms with Crippen molar-refractivity contribution in [3.63, 3.8) is 0 Å². The third kappa shape index (κ3) is 2.71. The summed E-state index contributed by atoms with van der Waals surface area (Å²) in [6.07, 6.45) is 2.53. The lowest BCUT2D eigenvalue weighted by atomic mass is 10.3. The van der Waals surface area contributed by atoms with Crippen LogP contribution in [-0.4, -0.2) is 27.0 Å². The predicted molar refractivity (Wildman–Crippen MR) is 81.2 cm³/mol. The summed E-state index contributed by atoms with van der Waals surface area (Å²) < 4.78 is 7.37. The molecule has 2 heterocycles. The van der Waals surface area contributed by atoms with Gasteiger partial charge in [-0.1, -0.05) is 12.1 Å². The summed E-state index contributed by atoms with van der Waals surface area (Å²) in [6, 6.07) is 7.93. The van der Waals surface area contributed by atoms with Crippen molar-refractivity contribution in [3.8, 4) is 0 Å². The number of amides is 1. The maximum atomic E-state index is 11.0. The lowest BCUT2D eigenvalue weighted by Gasteiger charge is -2.07. The van der Waals surface area contributed by atoms with E-state index in [2.05, 4.69) is 14.5 Å². The summed E-state index contributed by atoms with van der Waals surface area (Å²) in [5.41, 5.74) is 13.0. The Bertz CT molecular complexity index is 805. The molecule has 0 radical (unpaired) electrons. The molecule has 2 aromatic heterocycles. The van der Waals surface area contributed by atoms with E-state index in [9.17, 15) is 4.79 Å². The fourth-order valence-electron chi connectivity index (χ4n) is 2.44. The van der Waals surface area contributed by atoms with Gasteiger partial charge in [0, 0.05) is 19.4 Å². The quantitative estimate of drug-likeness (QED) is 0.701. The Morgan fingerprint density at radius 1 is 1.23 bits per heavy atom. The summed E-state index contributed by atoms with van der Waals surface area (Å²) in [5.74, 6) is 0.822. The van der Waals surface area contributed by atoms with E-state index >= 15 is 0 Å². The van der Waals surface area contributed by atoms with Crippen molar-refractivity contribution in [2.75, 3.05) is 6.54 Å². The van der Waals surface area contributed by atoms with Crippen molar-refractivity contribution in [1.29, 1.82) is 0 Å². The Labute approximate surface area is 126 Å². The highest BCUT2D eigenvalue weighted by molar-refractivity contribution is 5.90. The molecular weight excluding hydrogens is 282 g/mol. The maximum Gasteiger partial charge on any atom is 0.270 e. The van der Waals surface area contributed by atoms with Crippen LogP contribution < -0.4 is 11.5 Å². The fraction of sp³-hybridized carbons (Fsp3) is 0.267. The Hall–Kier alpha value is -2.67. The number of nitrogens with zero attached hydrogens (tertiary/aromatic N) is 3. The van der Waals surface area contributed by atoms with Gasteiger partial charge in [0.25, 0.3) is 5.91 Å². The third-order valence-electron chi connectivity index (χ3n) is 3.46. The molecule has 0 saturated heterocycles. The number of nitrogens with two attached hydrogens (primary N) is 2. The van der Waals surface area contributed by atoms with Crippen LogP contribution in [-0.2, 0) is 19.4 Å². The average molecular weight is 299 g/mol. The zero-order valence-corrected chi connectivity index (χ0v) is 12.0. The number of carbonyl (C=O) groups is 1. The first-order valence-corrected chi connectivity index (χ1v) is 7.07. The van der Waals surface area contributed by atoms with E-state index in [0.717, 1.165) is 16.9 Å². The molecule has 3 aromatic rings. The number of fused-ring (bicyclic) bond motifs is 1. The van der Waals surface area contributed by atoms with Crippen LogP contribution in [0.3, 0.4) is 0 Å². The molecule has 0 unspecified atom stereocenters. The van der Waals surface area contributed by atoms with Crippen LogP contribution in [0.25, 0.3) is 11.0 Å². The van der Waals surface area contributed by atoms with Crippen LogP contribution in [0.15, 0.2) is 34.9 Å². The van der Waals surface area contributed by atoms with Gasteiger partial charge in [0.15, 0.2) is 11.6 Å². The highest BCUT2D eigenvalue weighted by Crippen LogP contribution is 2.17. The van der Waals surface area contributed by atoms with Gasteiger partial charge in [0.1, 0.15) is 12.1 Å². The highest BCUT2D eigenvalue weighted by Gasteiger charge is 2.12. The number of benzene rings is 1. The maximum absolute atomic E-state index is 11.0. The van der Waals surface area contributed by atoms with Crippen molar-refractivity contribution in [1.82, 2.24) is 14.5 Å². The van der Waals surface area contributed by atoms with Crippen LogP contribution in [0.2, 0.25) is 0 Å². The third-order valence-corrected chi connectivity index (χ3v) is 3.46. The van der Waals surface area contributed by atoms with E-state index in [4.69, 9.17) is 15.9 Å². The minimum atomic E-state index is -0.591. The summed E-state index contributed by atoms with van der Waals surface area (Å²) in [6.45, 7) is 1.18. The van der Waals surface area contributed by atoms with Crippen LogP contribution >= 0.6 is 0 Å². The normalized spacial score (nSPS) is 11.1. The summed E-state index contributed by atoms with van der Waals surface area (Å²) in [5, 5.41) is 0. The molecular formula is C15H17N5O2. The van der Waals surface area contributed by atoms with Gasteiger partial charge in [-0.05, 0) is 18.7 Å². The van der Waals surface area contributed by atoms with Crippen molar-refractivity contribution >= 4 is 16.9 Å². The monoisotopic (exact) mass is 299 g/mol. The van der Waals surface area contributed by atoms with E-state index in [0.29, 0.717) is 31.8 Å². The molecule has 0 atom stereocenters. The fourth-order valence-corrected chi connectivity index (χ4v) is 2.44. The Balaban J connectivity index is 1.85. The number of para-hydroxylation sites is 2. The number of aryl methyl sites for hydroxylation is 2. The van der Waals surface area contributed by atoms with E-state index in [-0.39, 0.29) is 5.69 Å². The molecule has 0 bridgehead atoms. The highest BCUT2D eigenvalue weighted by atomic mass is 16.3. The molecule has 7 nitrogen and oxygen atoms in total. The molecule has 22 heavy (non-hydrogen) atoms. The first-order chi connectivity index (χ1) is 10.7. The van der Waals surface area contributed by atoms with Gasteiger partial charge in [0.05, 0.1) is 11.0 Å². The molecule has 0 saturated carbocycles. The number of oxazole rings is 1. The Morgan fingerprint density at radius 3 is 2.77 bits per heavy atom. The van der Waals surface area contributed by atoms with Crippen LogP contribution in [0, 0.1) is 0 Å². The first kappa shape index (κ1) is 14.3. The minimum Gasteiger partial charge on any atom is -0.448 e. The molecule has 114 valence electrons. The van der Waals surface area contributed by atoms with Crippen LogP contribution in [0.5, 0.6) is 0 Å². The van der Waals surface area contributed by atoms with Crippen molar-refractivity contribution in [3.05, 3.63) is 47.9 Å². The van der Waals surface area contributed by atoms with Crippen molar-refractivity contribution < 1.29 is 9.21 Å². The molecule has 4 N–H and O–H groups in total. The lowest BCUT2D eigenvalue weighted by Crippen LogP contribution is -2.12. The lowest BCUT2D eigenvalue weighted by molar-refractivity contribution is 0.0995. The summed E-state index contributed by atoms with van der Waals surface area (Å²) in [4.78, 5) is 19.7. The zero-order chi connectivity index (χ0) is 15.5. The van der Waals surface area contributed by atoms with Gasteiger partial charge in [-0.25, -0.2) is 9.97 Å². The summed E-state index contributed by atoms with van der Waals surface area (Å²) >= 11 is 0. The smallest absolute Gasteiger partial charge is 0.270 e. The van der Waals surface area contributed by atoms with E-state index in [1.54, 1.807) is 0 Å². The largest absolute Gasteiger partial charge is 0.448 e. The first-order valence-electron chi connectivity index (χ1n) is 7.07. The predicted octanol–water partition coefficient (Wildman–Crippen LogP) is 0.867. The van der Waals surface area contributed by atoms with Gasteiger partial charge < -0.3 is 20.5 Å². The molecule has 0 aliphatic rings. The Kier molecular flexibility index (Phi) is 3.88. The van der Waals surface area contributed by atoms with Gasteiger partial charge in [-0.3, -0.25) is 4.79 Å². The van der Waals surface area contributed by atoms with Crippen molar-refractivity contribution in [2.45, 2.75) is 19.4 Å². The second-order valence-electron chi connectivity index (χ2n) is 4.95. The molecule has 1 aromatic carbocycles. The molecule has 0 aliphatic heterocycles. The number of imidazole rings is 1. The number of carbonyl (C=O) groups excluding carboxylic acids is 1. The molecule has 0 spiro atoms. The molecule has 3 rings (SSSR count). The van der Waals surface area contributed by atoms with Crippen LogP contribution in [0.1, 0.15) is 22.2 Å².